The largest absolute Gasteiger partial charge is 0.301 e. The summed E-state index contributed by atoms with van der Waals surface area (Å²) >= 11 is 2.96. The van der Waals surface area contributed by atoms with E-state index in [1.54, 1.807) is 6.07 Å². The predicted molar refractivity (Wildman–Crippen MR) is 55.5 cm³/mol. The van der Waals surface area contributed by atoms with Crippen molar-refractivity contribution < 1.29 is 9.72 Å². The second-order valence-electron chi connectivity index (χ2n) is 2.75. The average Bonchev–Trinajstić information content (AvgIpc) is 2.15. The molecule has 0 aliphatic heterocycles. The Morgan fingerprint density at radius 3 is 2.60 bits per heavy atom. The summed E-state index contributed by atoms with van der Waals surface area (Å²) in [5.41, 5.74) is -0.247. The van der Waals surface area contributed by atoms with E-state index in [0.717, 1.165) is 0 Å². The summed E-state index contributed by atoms with van der Waals surface area (Å²) in [7, 11) is 0. The molecular formula is C9H5BrN2O3. The molecule has 0 saturated carbocycles. The van der Waals surface area contributed by atoms with Gasteiger partial charge in [0.05, 0.1) is 4.92 Å². The molecular weight excluding hydrogens is 264 g/mol. The number of benzene rings is 1. The third kappa shape index (κ3) is 2.02. The highest BCUT2D eigenvalue weighted by Crippen LogP contribution is 2.31. The summed E-state index contributed by atoms with van der Waals surface area (Å²) in [6.07, 6.45) is 0. The Bertz CT molecular complexity index is 491. The smallest absolute Gasteiger partial charge is 0.294 e. The van der Waals surface area contributed by atoms with Gasteiger partial charge in [0, 0.05) is 5.56 Å². The van der Waals surface area contributed by atoms with E-state index in [1.165, 1.54) is 19.1 Å². The molecule has 0 unspecified atom stereocenters. The van der Waals surface area contributed by atoms with Crippen molar-refractivity contribution in [1.82, 2.24) is 0 Å². The average molecular weight is 269 g/mol. The molecule has 76 valence electrons. The van der Waals surface area contributed by atoms with Crippen LogP contribution in [0.5, 0.6) is 0 Å². The fourth-order valence-electron chi connectivity index (χ4n) is 1.11. The minimum absolute atomic E-state index is 0.0547. The summed E-state index contributed by atoms with van der Waals surface area (Å²) in [4.78, 5) is 21.1. The molecule has 1 rings (SSSR count). The van der Waals surface area contributed by atoms with E-state index in [1.807, 2.05) is 0 Å². The second kappa shape index (κ2) is 4.19. The van der Waals surface area contributed by atoms with Gasteiger partial charge in [-0.15, -0.1) is 0 Å². The van der Waals surface area contributed by atoms with Crippen LogP contribution in [0.25, 0.3) is 0 Å². The van der Waals surface area contributed by atoms with Crippen LogP contribution in [0.3, 0.4) is 0 Å². The number of halogens is 1. The highest BCUT2D eigenvalue weighted by Gasteiger charge is 2.22. The molecule has 0 amide bonds. The topological polar surface area (TPSA) is 84.0 Å². The van der Waals surface area contributed by atoms with Crippen LogP contribution >= 0.6 is 15.9 Å². The lowest BCUT2D eigenvalue weighted by molar-refractivity contribution is -0.386. The van der Waals surface area contributed by atoms with Gasteiger partial charge in [0.15, 0.2) is 5.78 Å². The molecule has 1 aromatic rings. The normalized spacial score (nSPS) is 9.40. The van der Waals surface area contributed by atoms with Gasteiger partial charge in [0.25, 0.3) is 0 Å². The number of rotatable bonds is 2. The quantitative estimate of drug-likeness (QED) is 0.469. The van der Waals surface area contributed by atoms with Crippen molar-refractivity contribution in [2.45, 2.75) is 6.92 Å². The van der Waals surface area contributed by atoms with E-state index in [4.69, 9.17) is 5.26 Å². The zero-order chi connectivity index (χ0) is 11.6. The summed E-state index contributed by atoms with van der Waals surface area (Å²) in [5, 5.41) is 19.4. The molecule has 15 heavy (non-hydrogen) atoms. The van der Waals surface area contributed by atoms with Gasteiger partial charge in [0.1, 0.15) is 16.1 Å². The van der Waals surface area contributed by atoms with Crippen LogP contribution in [0.1, 0.15) is 22.8 Å². The number of nitro benzene ring substituents is 1. The van der Waals surface area contributed by atoms with Crippen LogP contribution in [0, 0.1) is 21.4 Å². The minimum atomic E-state index is -0.685. The van der Waals surface area contributed by atoms with E-state index in [-0.39, 0.29) is 27.1 Å². The lowest BCUT2D eigenvalue weighted by Gasteiger charge is -2.02. The third-order valence-corrected chi connectivity index (χ3v) is 2.60. The van der Waals surface area contributed by atoms with E-state index in [9.17, 15) is 14.9 Å². The van der Waals surface area contributed by atoms with Crippen molar-refractivity contribution in [2.75, 3.05) is 0 Å². The Morgan fingerprint density at radius 1 is 1.60 bits per heavy atom. The van der Waals surface area contributed by atoms with Gasteiger partial charge in [-0.2, -0.15) is 5.26 Å². The van der Waals surface area contributed by atoms with E-state index >= 15 is 0 Å². The number of carbonyl (C=O) groups is 1. The summed E-state index contributed by atoms with van der Waals surface area (Å²) in [6.45, 7) is 1.30. The van der Waals surface area contributed by atoms with Crippen LogP contribution < -0.4 is 0 Å². The Morgan fingerprint density at radius 2 is 2.20 bits per heavy atom. The predicted octanol–water partition coefficient (Wildman–Crippen LogP) is 2.43. The van der Waals surface area contributed by atoms with Gasteiger partial charge >= 0.3 is 5.69 Å². The molecule has 6 heteroatoms. The maximum Gasteiger partial charge on any atom is 0.301 e. The molecule has 1 aromatic carbocycles. The Balaban J connectivity index is 3.58. The maximum absolute atomic E-state index is 11.1. The molecule has 0 bridgehead atoms. The summed E-state index contributed by atoms with van der Waals surface area (Å²) in [6, 6.07) is 4.35. The van der Waals surface area contributed by atoms with Gasteiger partial charge < -0.3 is 0 Å². The number of ketones is 1. The van der Waals surface area contributed by atoms with Crippen LogP contribution in [-0.2, 0) is 0 Å². The molecule has 0 spiro atoms. The first kappa shape index (κ1) is 11.3. The number of nitrogens with zero attached hydrogens (tertiary/aromatic N) is 2. The van der Waals surface area contributed by atoms with Gasteiger partial charge in [-0.3, -0.25) is 14.9 Å². The third-order valence-electron chi connectivity index (χ3n) is 1.80. The van der Waals surface area contributed by atoms with Crippen molar-refractivity contribution in [1.29, 1.82) is 5.26 Å². The molecule has 0 atom stereocenters. The van der Waals surface area contributed by atoms with Crippen molar-refractivity contribution in [3.05, 3.63) is 37.8 Å². The standard InChI is InChI=1S/C9H5BrN2O3/c1-5(13)7-3-2-6(4-11)9(8(7)10)12(14)15/h2-3H,1H3. The zero-order valence-electron chi connectivity index (χ0n) is 7.65. The van der Waals surface area contributed by atoms with E-state index in [2.05, 4.69) is 15.9 Å². The molecule has 0 aromatic heterocycles. The molecule has 0 aliphatic carbocycles. The first-order valence-electron chi connectivity index (χ1n) is 3.87. The van der Waals surface area contributed by atoms with Crippen LogP contribution in [0.15, 0.2) is 16.6 Å². The lowest BCUT2D eigenvalue weighted by Crippen LogP contribution is -2.00. The molecule has 0 saturated heterocycles. The molecule has 0 fully saturated rings. The van der Waals surface area contributed by atoms with Crippen LogP contribution in [0.2, 0.25) is 0 Å². The zero-order valence-corrected chi connectivity index (χ0v) is 9.24. The Labute approximate surface area is 93.6 Å². The highest BCUT2D eigenvalue weighted by molar-refractivity contribution is 9.10. The van der Waals surface area contributed by atoms with Gasteiger partial charge in [-0.1, -0.05) is 0 Å². The fourth-order valence-corrected chi connectivity index (χ4v) is 1.87. The Kier molecular flexibility index (Phi) is 3.17. The number of hydrogen-bond donors (Lipinski definition) is 0. The lowest BCUT2D eigenvalue weighted by atomic mass is 10.1. The van der Waals surface area contributed by atoms with E-state index in [0.29, 0.717) is 0 Å². The number of carbonyl (C=O) groups excluding carboxylic acids is 1. The van der Waals surface area contributed by atoms with Crippen LogP contribution in [0.4, 0.5) is 5.69 Å². The summed E-state index contributed by atoms with van der Waals surface area (Å²) in [5.74, 6) is -0.297. The maximum atomic E-state index is 11.1. The summed E-state index contributed by atoms with van der Waals surface area (Å²) < 4.78 is 0.0547. The minimum Gasteiger partial charge on any atom is -0.294 e. The fraction of sp³-hybridized carbons (Fsp3) is 0.111. The SMILES string of the molecule is CC(=O)c1ccc(C#N)c([N+](=O)[O-])c1Br. The Hall–Kier alpha value is -1.74. The van der Waals surface area contributed by atoms with Crippen molar-refractivity contribution in [3.63, 3.8) is 0 Å². The van der Waals surface area contributed by atoms with Gasteiger partial charge in [-0.05, 0) is 35.0 Å². The van der Waals surface area contributed by atoms with Crippen molar-refractivity contribution >= 4 is 27.4 Å². The van der Waals surface area contributed by atoms with Gasteiger partial charge in [-0.25, -0.2) is 0 Å². The van der Waals surface area contributed by atoms with Crippen LogP contribution in [-0.4, -0.2) is 10.7 Å². The number of hydrogen-bond acceptors (Lipinski definition) is 4. The molecule has 5 nitrogen and oxygen atoms in total. The number of nitriles is 1. The molecule has 0 aliphatic rings. The first-order valence-corrected chi connectivity index (χ1v) is 4.66. The van der Waals surface area contributed by atoms with E-state index < -0.39 is 4.92 Å². The molecule has 0 heterocycles. The number of nitro groups is 1. The molecule has 0 N–H and O–H groups in total. The van der Waals surface area contributed by atoms with Crippen molar-refractivity contribution in [3.8, 4) is 6.07 Å². The van der Waals surface area contributed by atoms with Gasteiger partial charge in [0.2, 0.25) is 0 Å². The monoisotopic (exact) mass is 268 g/mol. The van der Waals surface area contributed by atoms with Crippen molar-refractivity contribution in [2.24, 2.45) is 0 Å². The number of Topliss-reactive ketones (excluding diaryl/α,β-unsaturated/α-hetero) is 1. The highest BCUT2D eigenvalue weighted by atomic mass is 79.9. The second-order valence-corrected chi connectivity index (χ2v) is 3.54. The molecule has 0 radical (unpaired) electrons. The first-order chi connectivity index (χ1) is 6.99.